The molecule has 43 heavy (non-hydrogen) atoms. The standard InChI is InChI=1S/C32H36N2O9/c1-4-39-28(35)17-34-11-9-33(10-12-34)8-5-13-40-31-22-16-26(38-3)25(37-2)15-21(22)29(30-23(31)18-41-32(30)36)20-6-7-24-27(14-20)43-19-42-24/h6-7,14-16H,4-5,8-13,17-19H2,1-3H3. The van der Waals surface area contributed by atoms with E-state index in [0.717, 1.165) is 61.0 Å². The van der Waals surface area contributed by atoms with Crippen molar-refractivity contribution in [2.24, 2.45) is 0 Å². The highest BCUT2D eigenvalue weighted by Crippen LogP contribution is 2.49. The van der Waals surface area contributed by atoms with Crippen molar-refractivity contribution in [3.8, 4) is 39.9 Å². The van der Waals surface area contributed by atoms with Crippen LogP contribution in [0.15, 0.2) is 30.3 Å². The van der Waals surface area contributed by atoms with E-state index >= 15 is 0 Å². The minimum Gasteiger partial charge on any atom is -0.493 e. The molecule has 0 unspecified atom stereocenters. The second-order valence-corrected chi connectivity index (χ2v) is 10.6. The van der Waals surface area contributed by atoms with Crippen molar-refractivity contribution in [3.63, 3.8) is 0 Å². The Labute approximate surface area is 250 Å². The summed E-state index contributed by atoms with van der Waals surface area (Å²) in [5, 5.41) is 1.58. The molecule has 3 aromatic rings. The third-order valence-corrected chi connectivity index (χ3v) is 8.06. The van der Waals surface area contributed by atoms with Crippen molar-refractivity contribution >= 4 is 22.7 Å². The van der Waals surface area contributed by atoms with E-state index in [4.69, 9.17) is 33.2 Å². The molecule has 3 aliphatic rings. The number of fused-ring (bicyclic) bond motifs is 3. The number of methoxy groups -OCH3 is 2. The summed E-state index contributed by atoms with van der Waals surface area (Å²) in [5.41, 5.74) is 2.71. The van der Waals surface area contributed by atoms with Crippen LogP contribution in [0, 0.1) is 0 Å². The summed E-state index contributed by atoms with van der Waals surface area (Å²) in [7, 11) is 3.18. The van der Waals surface area contributed by atoms with E-state index in [0.29, 0.717) is 59.6 Å². The molecule has 0 bridgehead atoms. The SMILES string of the molecule is CCOC(=O)CN1CCN(CCCOc2c3c(c(-c4ccc5c(c4)OCO5)c4cc(OC)c(OC)cc24)C(=O)OC3)CC1. The molecule has 3 heterocycles. The summed E-state index contributed by atoms with van der Waals surface area (Å²) < 4.78 is 39.5. The molecular formula is C32H36N2O9. The molecule has 3 aliphatic heterocycles. The summed E-state index contributed by atoms with van der Waals surface area (Å²) in [6, 6.07) is 9.41. The third kappa shape index (κ3) is 5.74. The van der Waals surface area contributed by atoms with Gasteiger partial charge in [-0.1, -0.05) is 6.07 Å². The normalized spacial score (nSPS) is 16.2. The van der Waals surface area contributed by atoms with Crippen LogP contribution in [0.5, 0.6) is 28.7 Å². The molecule has 0 saturated carbocycles. The maximum Gasteiger partial charge on any atom is 0.339 e. The van der Waals surface area contributed by atoms with E-state index < -0.39 is 5.97 Å². The number of esters is 2. The van der Waals surface area contributed by atoms with Crippen LogP contribution in [0.3, 0.4) is 0 Å². The predicted molar refractivity (Wildman–Crippen MR) is 157 cm³/mol. The van der Waals surface area contributed by atoms with Crippen LogP contribution >= 0.6 is 0 Å². The van der Waals surface area contributed by atoms with Gasteiger partial charge in [-0.15, -0.1) is 0 Å². The zero-order valence-electron chi connectivity index (χ0n) is 24.7. The second-order valence-electron chi connectivity index (χ2n) is 10.6. The van der Waals surface area contributed by atoms with Gasteiger partial charge in [0.15, 0.2) is 23.0 Å². The Bertz CT molecular complexity index is 1530. The summed E-state index contributed by atoms with van der Waals surface area (Å²) in [6.45, 7) is 7.53. The quantitative estimate of drug-likeness (QED) is 0.239. The fourth-order valence-corrected chi connectivity index (χ4v) is 5.95. The lowest BCUT2D eigenvalue weighted by Crippen LogP contribution is -2.48. The Hall–Kier alpha value is -4.22. The summed E-state index contributed by atoms with van der Waals surface area (Å²) in [4.78, 5) is 29.5. The van der Waals surface area contributed by atoms with Gasteiger partial charge in [0, 0.05) is 49.2 Å². The predicted octanol–water partition coefficient (Wildman–Crippen LogP) is 3.87. The maximum absolute atomic E-state index is 13.2. The van der Waals surface area contributed by atoms with Gasteiger partial charge < -0.3 is 38.1 Å². The minimum atomic E-state index is -0.398. The number of cyclic esters (lactones) is 1. The molecule has 0 atom stereocenters. The largest absolute Gasteiger partial charge is 0.493 e. The molecule has 0 amide bonds. The van der Waals surface area contributed by atoms with Crippen LogP contribution in [0.4, 0.5) is 0 Å². The average Bonchev–Trinajstić information content (AvgIpc) is 3.65. The fourth-order valence-electron chi connectivity index (χ4n) is 5.95. The van der Waals surface area contributed by atoms with E-state index in [2.05, 4.69) is 9.80 Å². The number of piperazine rings is 1. The third-order valence-electron chi connectivity index (χ3n) is 8.06. The van der Waals surface area contributed by atoms with Gasteiger partial charge in [0.25, 0.3) is 0 Å². The Kier molecular flexibility index (Phi) is 8.44. The van der Waals surface area contributed by atoms with Gasteiger partial charge in [-0.05, 0) is 48.6 Å². The highest BCUT2D eigenvalue weighted by Gasteiger charge is 2.33. The van der Waals surface area contributed by atoms with Gasteiger partial charge >= 0.3 is 11.9 Å². The number of carbonyl (C=O) groups excluding carboxylic acids is 2. The summed E-state index contributed by atoms with van der Waals surface area (Å²) >= 11 is 0. The minimum absolute atomic E-state index is 0.119. The Morgan fingerprint density at radius 2 is 1.60 bits per heavy atom. The van der Waals surface area contributed by atoms with Crippen molar-refractivity contribution in [2.45, 2.75) is 20.0 Å². The second kappa shape index (κ2) is 12.6. The smallest absolute Gasteiger partial charge is 0.339 e. The summed E-state index contributed by atoms with van der Waals surface area (Å²) in [6.07, 6.45) is 0.792. The molecule has 1 saturated heterocycles. The van der Waals surface area contributed by atoms with Crippen LogP contribution < -0.4 is 23.7 Å². The molecule has 11 nitrogen and oxygen atoms in total. The zero-order chi connectivity index (χ0) is 29.9. The molecule has 0 aromatic heterocycles. The highest BCUT2D eigenvalue weighted by atomic mass is 16.7. The maximum atomic E-state index is 13.2. The molecule has 228 valence electrons. The topological polar surface area (TPSA) is 105 Å². The van der Waals surface area contributed by atoms with E-state index in [-0.39, 0.29) is 19.4 Å². The number of benzene rings is 3. The lowest BCUT2D eigenvalue weighted by molar-refractivity contribution is -0.144. The molecule has 0 radical (unpaired) electrons. The van der Waals surface area contributed by atoms with Crippen molar-refractivity contribution in [1.29, 1.82) is 0 Å². The number of nitrogens with zero attached hydrogens (tertiary/aromatic N) is 2. The van der Waals surface area contributed by atoms with Crippen LogP contribution in [0.1, 0.15) is 29.3 Å². The van der Waals surface area contributed by atoms with Crippen LogP contribution in [0.25, 0.3) is 21.9 Å². The van der Waals surface area contributed by atoms with Gasteiger partial charge in [-0.2, -0.15) is 0 Å². The molecule has 6 rings (SSSR count). The van der Waals surface area contributed by atoms with Gasteiger partial charge in [0.05, 0.1) is 39.5 Å². The average molecular weight is 593 g/mol. The van der Waals surface area contributed by atoms with E-state index in [1.54, 1.807) is 14.2 Å². The lowest BCUT2D eigenvalue weighted by Gasteiger charge is -2.34. The molecule has 3 aromatic carbocycles. The monoisotopic (exact) mass is 592 g/mol. The van der Waals surface area contributed by atoms with Gasteiger partial charge in [0.2, 0.25) is 6.79 Å². The molecule has 0 aliphatic carbocycles. The number of carbonyl (C=O) groups is 2. The van der Waals surface area contributed by atoms with E-state index in [9.17, 15) is 9.59 Å². The molecule has 0 N–H and O–H groups in total. The van der Waals surface area contributed by atoms with Crippen LogP contribution in [0.2, 0.25) is 0 Å². The molecular weight excluding hydrogens is 556 g/mol. The van der Waals surface area contributed by atoms with Crippen molar-refractivity contribution in [1.82, 2.24) is 9.80 Å². The Morgan fingerprint density at radius 3 is 2.35 bits per heavy atom. The fraction of sp³-hybridized carbons (Fsp3) is 0.438. The first-order valence-electron chi connectivity index (χ1n) is 14.6. The molecule has 11 heteroatoms. The van der Waals surface area contributed by atoms with Gasteiger partial charge in [-0.25, -0.2) is 4.79 Å². The summed E-state index contributed by atoms with van der Waals surface area (Å²) in [5.74, 6) is 2.41. The Balaban J connectivity index is 1.26. The highest BCUT2D eigenvalue weighted by molar-refractivity contribution is 6.14. The zero-order valence-corrected chi connectivity index (χ0v) is 24.7. The number of hydrogen-bond acceptors (Lipinski definition) is 11. The van der Waals surface area contributed by atoms with Crippen molar-refractivity contribution < 1.29 is 42.7 Å². The first-order chi connectivity index (χ1) is 21.0. The van der Waals surface area contributed by atoms with Crippen molar-refractivity contribution in [2.75, 3.05) is 73.5 Å². The molecule has 1 fully saturated rings. The first kappa shape index (κ1) is 28.9. The van der Waals surface area contributed by atoms with Gasteiger partial charge in [-0.3, -0.25) is 9.69 Å². The number of hydrogen-bond donors (Lipinski definition) is 0. The van der Waals surface area contributed by atoms with Gasteiger partial charge in [0.1, 0.15) is 12.4 Å². The van der Waals surface area contributed by atoms with Crippen LogP contribution in [-0.4, -0.2) is 95.2 Å². The molecule has 0 spiro atoms. The van der Waals surface area contributed by atoms with Crippen LogP contribution in [-0.2, 0) is 20.9 Å². The lowest BCUT2D eigenvalue weighted by atomic mass is 9.89. The first-order valence-corrected chi connectivity index (χ1v) is 14.6. The van der Waals surface area contributed by atoms with E-state index in [1.165, 1.54) is 0 Å². The number of ether oxygens (including phenoxy) is 7. The Morgan fingerprint density at radius 1 is 0.884 bits per heavy atom. The number of rotatable bonds is 11. The van der Waals surface area contributed by atoms with E-state index in [1.807, 2.05) is 37.3 Å². The van der Waals surface area contributed by atoms with Crippen molar-refractivity contribution in [3.05, 3.63) is 41.5 Å².